The summed E-state index contributed by atoms with van der Waals surface area (Å²) in [6.45, 7) is 1.51. The minimum atomic E-state index is -0.715. The van der Waals surface area contributed by atoms with Crippen LogP contribution in [0, 0.1) is 0 Å². The molecule has 2 N–H and O–H groups in total. The van der Waals surface area contributed by atoms with Crippen molar-refractivity contribution in [3.8, 4) is 0 Å². The third kappa shape index (κ3) is 2.56. The molecule has 1 amide bonds. The molecule has 0 bridgehead atoms. The molecule has 0 aromatic carbocycles. The molecule has 0 radical (unpaired) electrons. The topological polar surface area (TPSA) is 124 Å². The third-order valence-corrected chi connectivity index (χ3v) is 3.93. The smallest absolute Gasteiger partial charge is 0.291 e. The van der Waals surface area contributed by atoms with Gasteiger partial charge in [0.05, 0.1) is 18.6 Å². The van der Waals surface area contributed by atoms with Crippen molar-refractivity contribution in [3.05, 3.63) is 31.0 Å². The Bertz CT molecular complexity index is 847. The van der Waals surface area contributed by atoms with E-state index in [-0.39, 0.29) is 18.2 Å². The number of aliphatic hydroxyl groups is 1. The second-order valence-corrected chi connectivity index (χ2v) is 5.52. The molecular formula is C14H15N7O3. The molecule has 4 rings (SSSR count). The SMILES string of the molecule is O=C(c1cnco1)N1CCN(c2ncnc3nc[nH]c23)C[C@@H](O)C1. The average molecular weight is 329 g/mol. The number of hydrogen-bond acceptors (Lipinski definition) is 8. The summed E-state index contributed by atoms with van der Waals surface area (Å²) in [6, 6.07) is 0. The second-order valence-electron chi connectivity index (χ2n) is 5.52. The van der Waals surface area contributed by atoms with E-state index in [9.17, 15) is 9.90 Å². The highest BCUT2D eigenvalue weighted by atomic mass is 16.3. The Labute approximate surface area is 136 Å². The molecule has 4 heterocycles. The van der Waals surface area contributed by atoms with Gasteiger partial charge < -0.3 is 24.3 Å². The summed E-state index contributed by atoms with van der Waals surface area (Å²) in [6.07, 6.45) is 4.86. The standard InChI is InChI=1S/C14H15N7O3/c22-9-4-20(13-11-12(17-6-16-11)18-7-19-13)1-2-21(5-9)14(23)10-3-15-8-24-10/h3,6-9,22H,1-2,4-5H2,(H,16,17,18,19)/t9-/m1/s1. The second kappa shape index (κ2) is 5.89. The highest BCUT2D eigenvalue weighted by molar-refractivity contribution is 5.91. The van der Waals surface area contributed by atoms with Crippen LogP contribution in [0.4, 0.5) is 5.82 Å². The van der Waals surface area contributed by atoms with Gasteiger partial charge in [-0.05, 0) is 0 Å². The molecule has 0 unspecified atom stereocenters. The maximum Gasteiger partial charge on any atom is 0.291 e. The molecule has 1 saturated heterocycles. The van der Waals surface area contributed by atoms with E-state index in [0.29, 0.717) is 36.6 Å². The maximum atomic E-state index is 12.4. The van der Waals surface area contributed by atoms with Crippen molar-refractivity contribution < 1.29 is 14.3 Å². The molecule has 10 nitrogen and oxygen atoms in total. The zero-order valence-corrected chi connectivity index (χ0v) is 12.7. The van der Waals surface area contributed by atoms with Gasteiger partial charge in [0.15, 0.2) is 17.9 Å². The Morgan fingerprint density at radius 2 is 2.21 bits per heavy atom. The fraction of sp³-hybridized carbons (Fsp3) is 0.357. The number of aliphatic hydroxyl groups excluding tert-OH is 1. The number of rotatable bonds is 2. The Hall–Kier alpha value is -3.01. The molecule has 124 valence electrons. The molecule has 1 aliphatic rings. The van der Waals surface area contributed by atoms with Gasteiger partial charge in [-0.2, -0.15) is 0 Å². The molecule has 3 aromatic rings. The molecule has 24 heavy (non-hydrogen) atoms. The van der Waals surface area contributed by atoms with Crippen molar-refractivity contribution in [2.24, 2.45) is 0 Å². The van der Waals surface area contributed by atoms with Crippen LogP contribution in [0.1, 0.15) is 10.6 Å². The monoisotopic (exact) mass is 329 g/mol. The number of amides is 1. The van der Waals surface area contributed by atoms with E-state index < -0.39 is 6.10 Å². The van der Waals surface area contributed by atoms with Crippen molar-refractivity contribution in [1.29, 1.82) is 0 Å². The predicted octanol–water partition coefficient (Wildman–Crippen LogP) is -0.336. The van der Waals surface area contributed by atoms with Crippen LogP contribution in [-0.4, -0.2) is 73.1 Å². The van der Waals surface area contributed by atoms with Gasteiger partial charge in [-0.25, -0.2) is 19.9 Å². The van der Waals surface area contributed by atoms with E-state index in [1.165, 1.54) is 18.9 Å². The number of carbonyl (C=O) groups excluding carboxylic acids is 1. The Morgan fingerprint density at radius 3 is 3.04 bits per heavy atom. The van der Waals surface area contributed by atoms with Gasteiger partial charge in [0.1, 0.15) is 11.8 Å². The number of anilines is 1. The van der Waals surface area contributed by atoms with Crippen molar-refractivity contribution in [2.75, 3.05) is 31.1 Å². The van der Waals surface area contributed by atoms with Crippen LogP contribution in [0.25, 0.3) is 11.2 Å². The van der Waals surface area contributed by atoms with E-state index in [1.54, 1.807) is 11.2 Å². The summed E-state index contributed by atoms with van der Waals surface area (Å²) in [4.78, 5) is 35.1. The minimum Gasteiger partial charge on any atom is -0.438 e. The van der Waals surface area contributed by atoms with Crippen LogP contribution >= 0.6 is 0 Å². The van der Waals surface area contributed by atoms with Crippen molar-refractivity contribution >= 4 is 22.9 Å². The Kier molecular flexibility index (Phi) is 3.58. The fourth-order valence-corrected chi connectivity index (χ4v) is 2.84. The van der Waals surface area contributed by atoms with Gasteiger partial charge in [-0.1, -0.05) is 0 Å². The number of fused-ring (bicyclic) bond motifs is 1. The number of H-pyrrole nitrogens is 1. The lowest BCUT2D eigenvalue weighted by Crippen LogP contribution is -2.37. The normalized spacial score (nSPS) is 18.8. The number of carbonyl (C=O) groups is 1. The van der Waals surface area contributed by atoms with Gasteiger partial charge in [0.25, 0.3) is 5.91 Å². The third-order valence-electron chi connectivity index (χ3n) is 3.93. The molecular weight excluding hydrogens is 314 g/mol. The van der Waals surface area contributed by atoms with Crippen molar-refractivity contribution in [2.45, 2.75) is 6.10 Å². The van der Waals surface area contributed by atoms with Crippen molar-refractivity contribution in [1.82, 2.24) is 29.8 Å². The Balaban J connectivity index is 1.58. The number of β-amino-alcohol motifs (C(OH)–C–C–N with tert-alkyl or cyclic N) is 1. The largest absolute Gasteiger partial charge is 0.438 e. The van der Waals surface area contributed by atoms with E-state index in [4.69, 9.17) is 4.42 Å². The summed E-state index contributed by atoms with van der Waals surface area (Å²) in [5.74, 6) is 0.530. The molecule has 0 spiro atoms. The fourth-order valence-electron chi connectivity index (χ4n) is 2.84. The van der Waals surface area contributed by atoms with Crippen LogP contribution in [0.2, 0.25) is 0 Å². The molecule has 0 aliphatic carbocycles. The molecule has 3 aromatic heterocycles. The summed E-state index contributed by atoms with van der Waals surface area (Å²) >= 11 is 0. The quantitative estimate of drug-likeness (QED) is 0.654. The van der Waals surface area contributed by atoms with E-state index in [2.05, 4.69) is 24.9 Å². The number of oxazole rings is 1. The first-order valence-corrected chi connectivity index (χ1v) is 7.47. The summed E-state index contributed by atoms with van der Waals surface area (Å²) in [5.41, 5.74) is 1.27. The van der Waals surface area contributed by atoms with E-state index in [1.807, 2.05) is 4.90 Å². The first-order valence-electron chi connectivity index (χ1n) is 7.47. The number of nitrogens with zero attached hydrogens (tertiary/aromatic N) is 6. The highest BCUT2D eigenvalue weighted by Crippen LogP contribution is 2.21. The predicted molar refractivity (Wildman–Crippen MR) is 82.3 cm³/mol. The Morgan fingerprint density at radius 1 is 1.29 bits per heavy atom. The lowest BCUT2D eigenvalue weighted by atomic mass is 10.3. The number of aromatic nitrogens is 5. The van der Waals surface area contributed by atoms with Gasteiger partial charge in [0, 0.05) is 26.2 Å². The van der Waals surface area contributed by atoms with Gasteiger partial charge in [-0.3, -0.25) is 4.79 Å². The van der Waals surface area contributed by atoms with Gasteiger partial charge in [0.2, 0.25) is 5.76 Å². The summed E-state index contributed by atoms with van der Waals surface area (Å²) in [7, 11) is 0. The highest BCUT2D eigenvalue weighted by Gasteiger charge is 2.28. The molecule has 1 aliphatic heterocycles. The molecule has 0 saturated carbocycles. The van der Waals surface area contributed by atoms with Crippen LogP contribution in [0.15, 0.2) is 29.7 Å². The number of nitrogens with one attached hydrogen (secondary N) is 1. The van der Waals surface area contributed by atoms with E-state index in [0.717, 1.165) is 0 Å². The first kappa shape index (κ1) is 14.6. The number of aromatic amines is 1. The minimum absolute atomic E-state index is 0.161. The molecule has 10 heteroatoms. The van der Waals surface area contributed by atoms with E-state index >= 15 is 0 Å². The summed E-state index contributed by atoms with van der Waals surface area (Å²) in [5, 5.41) is 10.3. The van der Waals surface area contributed by atoms with Crippen LogP contribution < -0.4 is 4.90 Å². The maximum absolute atomic E-state index is 12.4. The van der Waals surface area contributed by atoms with Crippen LogP contribution in [0.5, 0.6) is 0 Å². The first-order chi connectivity index (χ1) is 11.7. The van der Waals surface area contributed by atoms with Gasteiger partial charge >= 0.3 is 0 Å². The number of imidazole rings is 1. The lowest BCUT2D eigenvalue weighted by Gasteiger charge is -2.22. The lowest BCUT2D eigenvalue weighted by molar-refractivity contribution is 0.0643. The summed E-state index contributed by atoms with van der Waals surface area (Å²) < 4.78 is 5.05. The zero-order chi connectivity index (χ0) is 16.5. The molecule has 1 atom stereocenters. The van der Waals surface area contributed by atoms with Crippen molar-refractivity contribution in [3.63, 3.8) is 0 Å². The molecule has 1 fully saturated rings. The van der Waals surface area contributed by atoms with Gasteiger partial charge in [-0.15, -0.1) is 0 Å². The average Bonchev–Trinajstić information content (AvgIpc) is 3.24. The van der Waals surface area contributed by atoms with Crippen LogP contribution in [-0.2, 0) is 0 Å². The number of hydrogen-bond donors (Lipinski definition) is 2. The zero-order valence-electron chi connectivity index (χ0n) is 12.7. The van der Waals surface area contributed by atoms with Crippen LogP contribution in [0.3, 0.4) is 0 Å².